The Kier molecular flexibility index (Phi) is 6.12. The Morgan fingerprint density at radius 3 is 2.50 bits per heavy atom. The fourth-order valence-electron chi connectivity index (χ4n) is 4.46. The normalized spacial score (nSPS) is 21.5. The van der Waals surface area contributed by atoms with Gasteiger partial charge in [0.2, 0.25) is 0 Å². The molecule has 1 aromatic carbocycles. The maximum Gasteiger partial charge on any atom is 0.295 e. The van der Waals surface area contributed by atoms with Gasteiger partial charge in [-0.2, -0.15) is 5.10 Å². The lowest BCUT2D eigenvalue weighted by Crippen LogP contribution is -2.42. The number of rotatable bonds is 5. The van der Waals surface area contributed by atoms with Crippen LogP contribution in [0.1, 0.15) is 28.6 Å². The first-order valence-corrected chi connectivity index (χ1v) is 10.6. The minimum absolute atomic E-state index is 0.110. The Labute approximate surface area is 185 Å². The van der Waals surface area contributed by atoms with Crippen LogP contribution in [0.2, 0.25) is 0 Å². The summed E-state index contributed by atoms with van der Waals surface area (Å²) in [7, 11) is 1.73. The zero-order valence-corrected chi connectivity index (χ0v) is 18.5. The number of nitrogens with zero attached hydrogens (tertiary/aromatic N) is 4. The van der Waals surface area contributed by atoms with E-state index in [4.69, 9.17) is 4.74 Å². The number of ether oxygens (including phenoxy) is 1. The van der Waals surface area contributed by atoms with E-state index in [1.807, 2.05) is 0 Å². The van der Waals surface area contributed by atoms with Crippen molar-refractivity contribution < 1.29 is 23.8 Å². The molecule has 8 nitrogen and oxygen atoms in total. The third-order valence-electron chi connectivity index (χ3n) is 6.25. The molecule has 2 aliphatic rings. The first-order valence-electron chi connectivity index (χ1n) is 10.6. The van der Waals surface area contributed by atoms with Gasteiger partial charge in [0, 0.05) is 44.5 Å². The summed E-state index contributed by atoms with van der Waals surface area (Å²) in [6.45, 7) is 6.89. The topological polar surface area (TPSA) is 87.9 Å². The number of amides is 1. The van der Waals surface area contributed by atoms with E-state index in [2.05, 4.69) is 10.00 Å². The number of carbonyl (C=O) groups is 2. The molecule has 1 amide bonds. The molecule has 2 fully saturated rings. The van der Waals surface area contributed by atoms with Crippen LogP contribution in [-0.2, 0) is 21.4 Å². The lowest BCUT2D eigenvalue weighted by molar-refractivity contribution is -0.140. The van der Waals surface area contributed by atoms with E-state index in [9.17, 15) is 19.1 Å². The second kappa shape index (κ2) is 8.84. The predicted octanol–water partition coefficient (Wildman–Crippen LogP) is 1.93. The number of aliphatic hydroxyl groups is 1. The fraction of sp³-hybridized carbons (Fsp3) is 0.435. The Morgan fingerprint density at radius 2 is 1.88 bits per heavy atom. The number of aliphatic hydroxyl groups excluding tert-OH is 1. The summed E-state index contributed by atoms with van der Waals surface area (Å²) in [6.07, 6.45) is 0. The molecule has 1 atom stereocenters. The van der Waals surface area contributed by atoms with Crippen molar-refractivity contribution in [3.8, 4) is 0 Å². The van der Waals surface area contributed by atoms with E-state index in [1.165, 1.54) is 11.0 Å². The summed E-state index contributed by atoms with van der Waals surface area (Å²) in [4.78, 5) is 29.7. The average molecular weight is 442 g/mol. The Balaban J connectivity index is 1.80. The van der Waals surface area contributed by atoms with Crippen LogP contribution >= 0.6 is 0 Å². The molecule has 0 spiro atoms. The third-order valence-corrected chi connectivity index (χ3v) is 6.25. The van der Waals surface area contributed by atoms with E-state index in [0.29, 0.717) is 36.7 Å². The summed E-state index contributed by atoms with van der Waals surface area (Å²) in [5.41, 5.74) is 1.62. The summed E-state index contributed by atoms with van der Waals surface area (Å²) < 4.78 is 21.8. The van der Waals surface area contributed by atoms with Crippen molar-refractivity contribution in [2.75, 3.05) is 39.4 Å². The maximum atomic E-state index is 14.9. The number of morpholine rings is 1. The van der Waals surface area contributed by atoms with Crippen molar-refractivity contribution in [3.05, 3.63) is 58.2 Å². The third kappa shape index (κ3) is 3.82. The number of carbonyl (C=O) groups excluding carboxylic acids is 2. The SMILES string of the molecule is Cc1nn(C)c(C)c1C(O)=C1C(=O)C(=O)N(CCN2CCOCC2)C1c1ccccc1F. The number of likely N-dealkylation sites (tertiary alicyclic amines) is 1. The van der Waals surface area contributed by atoms with Gasteiger partial charge in [-0.3, -0.25) is 19.2 Å². The second-order valence-electron chi connectivity index (χ2n) is 8.14. The van der Waals surface area contributed by atoms with Crippen LogP contribution in [0.15, 0.2) is 29.8 Å². The number of halogens is 1. The van der Waals surface area contributed by atoms with Crippen molar-refractivity contribution in [2.24, 2.45) is 7.05 Å². The Morgan fingerprint density at radius 1 is 1.19 bits per heavy atom. The number of hydrogen-bond donors (Lipinski definition) is 1. The van der Waals surface area contributed by atoms with E-state index in [0.717, 1.165) is 13.1 Å². The summed E-state index contributed by atoms with van der Waals surface area (Å²) in [5.74, 6) is -2.43. The van der Waals surface area contributed by atoms with Crippen LogP contribution in [0.3, 0.4) is 0 Å². The quantitative estimate of drug-likeness (QED) is 0.433. The van der Waals surface area contributed by atoms with Gasteiger partial charge in [0.25, 0.3) is 11.7 Å². The zero-order valence-electron chi connectivity index (χ0n) is 18.5. The van der Waals surface area contributed by atoms with Crippen molar-refractivity contribution >= 4 is 17.4 Å². The predicted molar refractivity (Wildman–Crippen MR) is 115 cm³/mol. The lowest BCUT2D eigenvalue weighted by atomic mass is 9.94. The number of ketones is 1. The number of hydrogen-bond acceptors (Lipinski definition) is 6. The molecule has 0 aliphatic carbocycles. The van der Waals surface area contributed by atoms with Gasteiger partial charge in [-0.25, -0.2) is 4.39 Å². The van der Waals surface area contributed by atoms with Crippen LogP contribution in [0.25, 0.3) is 5.76 Å². The summed E-state index contributed by atoms with van der Waals surface area (Å²) >= 11 is 0. The molecule has 1 aromatic heterocycles. The fourth-order valence-corrected chi connectivity index (χ4v) is 4.46. The highest BCUT2D eigenvalue weighted by atomic mass is 19.1. The van der Waals surface area contributed by atoms with Gasteiger partial charge in [0.1, 0.15) is 11.6 Å². The summed E-state index contributed by atoms with van der Waals surface area (Å²) in [6, 6.07) is 5.02. The minimum Gasteiger partial charge on any atom is -0.507 e. The minimum atomic E-state index is -1.02. The molecule has 170 valence electrons. The van der Waals surface area contributed by atoms with Crippen molar-refractivity contribution in [1.29, 1.82) is 0 Å². The molecule has 2 aromatic rings. The van der Waals surface area contributed by atoms with Crippen LogP contribution in [0, 0.1) is 19.7 Å². The highest BCUT2D eigenvalue weighted by Gasteiger charge is 2.47. The number of aromatic nitrogens is 2. The molecule has 0 bridgehead atoms. The number of benzene rings is 1. The van der Waals surface area contributed by atoms with E-state index < -0.39 is 23.5 Å². The highest BCUT2D eigenvalue weighted by molar-refractivity contribution is 6.46. The molecule has 2 saturated heterocycles. The van der Waals surface area contributed by atoms with Gasteiger partial charge in [-0.15, -0.1) is 0 Å². The van der Waals surface area contributed by atoms with E-state index >= 15 is 0 Å². The average Bonchev–Trinajstić information content (AvgIpc) is 3.18. The van der Waals surface area contributed by atoms with Crippen LogP contribution < -0.4 is 0 Å². The van der Waals surface area contributed by atoms with Crippen molar-refractivity contribution in [2.45, 2.75) is 19.9 Å². The zero-order chi connectivity index (χ0) is 23.0. The molecule has 1 unspecified atom stereocenters. The van der Waals surface area contributed by atoms with Crippen LogP contribution in [-0.4, -0.2) is 75.8 Å². The second-order valence-corrected chi connectivity index (χ2v) is 8.14. The molecule has 0 radical (unpaired) electrons. The van der Waals surface area contributed by atoms with Crippen LogP contribution in [0.5, 0.6) is 0 Å². The molecule has 9 heteroatoms. The first-order chi connectivity index (χ1) is 15.3. The standard InChI is InChI=1S/C23H27FN4O4/c1-14-18(15(2)26(3)25-14)21(29)19-20(16-6-4-5-7-17(16)24)28(23(31)22(19)30)9-8-27-10-12-32-13-11-27/h4-7,20,29H,8-13H2,1-3H3. The maximum absolute atomic E-state index is 14.9. The Hall–Kier alpha value is -3.04. The molecule has 1 N–H and O–H groups in total. The lowest BCUT2D eigenvalue weighted by Gasteiger charge is -2.31. The van der Waals surface area contributed by atoms with Gasteiger partial charge >= 0.3 is 0 Å². The van der Waals surface area contributed by atoms with Crippen molar-refractivity contribution in [3.63, 3.8) is 0 Å². The molecular weight excluding hydrogens is 415 g/mol. The monoisotopic (exact) mass is 442 g/mol. The van der Waals surface area contributed by atoms with Gasteiger partial charge in [0.15, 0.2) is 0 Å². The van der Waals surface area contributed by atoms with Gasteiger partial charge in [-0.05, 0) is 19.9 Å². The van der Waals surface area contributed by atoms with Gasteiger partial charge in [0.05, 0.1) is 36.1 Å². The molecular formula is C23H27FN4O4. The molecule has 4 rings (SSSR count). The molecule has 0 saturated carbocycles. The highest BCUT2D eigenvalue weighted by Crippen LogP contribution is 2.41. The van der Waals surface area contributed by atoms with E-state index in [1.54, 1.807) is 43.8 Å². The molecule has 3 heterocycles. The van der Waals surface area contributed by atoms with Gasteiger partial charge < -0.3 is 14.7 Å². The van der Waals surface area contributed by atoms with Crippen LogP contribution in [0.4, 0.5) is 4.39 Å². The molecule has 2 aliphatic heterocycles. The first kappa shape index (κ1) is 22.2. The van der Waals surface area contributed by atoms with Gasteiger partial charge in [-0.1, -0.05) is 18.2 Å². The number of aryl methyl sites for hydroxylation is 2. The Bertz CT molecular complexity index is 1090. The molecule has 32 heavy (non-hydrogen) atoms. The van der Waals surface area contributed by atoms with E-state index in [-0.39, 0.29) is 23.4 Å². The largest absolute Gasteiger partial charge is 0.507 e. The van der Waals surface area contributed by atoms with Crippen molar-refractivity contribution in [1.82, 2.24) is 19.6 Å². The summed E-state index contributed by atoms with van der Waals surface area (Å²) in [5, 5.41) is 15.5. The smallest absolute Gasteiger partial charge is 0.295 e. The number of Topliss-reactive ketones (excluding diaryl/α,β-unsaturated/α-hetero) is 1.